The third-order valence-corrected chi connectivity index (χ3v) is 5.87. The minimum Gasteiger partial charge on any atom is -0.436 e. The number of oxazole rings is 1. The molecule has 0 saturated carbocycles. The molecule has 4 rings (SSSR count). The van der Waals surface area contributed by atoms with Gasteiger partial charge in [0.2, 0.25) is 11.8 Å². The van der Waals surface area contributed by atoms with E-state index in [9.17, 15) is 4.79 Å². The summed E-state index contributed by atoms with van der Waals surface area (Å²) in [7, 11) is 0. The molecule has 146 valence electrons. The fraction of sp³-hybridized carbons (Fsp3) is 0.0909. The molecule has 0 unspecified atom stereocenters. The number of nitrogens with one attached hydrogen (secondary N) is 1. The molecule has 4 nitrogen and oxygen atoms in total. The first kappa shape index (κ1) is 19.8. The molecule has 1 N–H and O–H groups in total. The molecule has 0 saturated heterocycles. The predicted molar refractivity (Wildman–Crippen MR) is 120 cm³/mol. The first-order valence-electron chi connectivity index (χ1n) is 8.84. The highest BCUT2D eigenvalue weighted by molar-refractivity contribution is 8.00. The molecule has 1 aromatic heterocycles. The molecule has 0 spiro atoms. The van der Waals surface area contributed by atoms with Crippen LogP contribution in [-0.4, -0.2) is 16.6 Å². The molecule has 0 atom stereocenters. The Hall–Kier alpha value is -2.47. The molecule has 0 aliphatic rings. The number of aromatic nitrogens is 1. The number of fused-ring (bicyclic) bond motifs is 1. The number of amides is 1. The van der Waals surface area contributed by atoms with Gasteiger partial charge >= 0.3 is 0 Å². The number of hydrogen-bond acceptors (Lipinski definition) is 4. The van der Waals surface area contributed by atoms with Crippen LogP contribution < -0.4 is 5.32 Å². The number of hydrogen-bond donors (Lipinski definition) is 1. The number of halogens is 2. The summed E-state index contributed by atoms with van der Waals surface area (Å²) in [6.45, 7) is 1.93. The smallest absolute Gasteiger partial charge is 0.234 e. The Morgan fingerprint density at radius 3 is 2.62 bits per heavy atom. The minimum atomic E-state index is -0.0884. The van der Waals surface area contributed by atoms with Crippen LogP contribution >= 0.6 is 35.0 Å². The molecule has 7 heteroatoms. The quantitative estimate of drug-likeness (QED) is 0.343. The molecule has 0 radical (unpaired) electrons. The summed E-state index contributed by atoms with van der Waals surface area (Å²) in [4.78, 5) is 17.9. The maximum absolute atomic E-state index is 12.4. The topological polar surface area (TPSA) is 55.1 Å². The van der Waals surface area contributed by atoms with Gasteiger partial charge in [0.15, 0.2) is 5.58 Å². The van der Waals surface area contributed by atoms with Crippen LogP contribution in [0.2, 0.25) is 10.0 Å². The van der Waals surface area contributed by atoms with Crippen LogP contribution in [0.15, 0.2) is 70.0 Å². The highest BCUT2D eigenvalue weighted by Gasteiger charge is 2.14. The lowest BCUT2D eigenvalue weighted by Gasteiger charge is -2.11. The summed E-state index contributed by atoms with van der Waals surface area (Å²) in [6.07, 6.45) is 0. The lowest BCUT2D eigenvalue weighted by molar-refractivity contribution is -0.113. The van der Waals surface area contributed by atoms with Crippen molar-refractivity contribution in [3.63, 3.8) is 0 Å². The molecule has 0 aliphatic heterocycles. The molecular formula is C22H16Cl2N2O2S. The van der Waals surface area contributed by atoms with Gasteiger partial charge in [0.25, 0.3) is 0 Å². The van der Waals surface area contributed by atoms with Gasteiger partial charge in [0, 0.05) is 26.2 Å². The van der Waals surface area contributed by atoms with Gasteiger partial charge in [-0.3, -0.25) is 4.79 Å². The van der Waals surface area contributed by atoms with Crippen molar-refractivity contribution in [3.05, 3.63) is 76.3 Å². The fourth-order valence-corrected chi connectivity index (χ4v) is 3.88. The van der Waals surface area contributed by atoms with E-state index < -0.39 is 0 Å². The van der Waals surface area contributed by atoms with Crippen LogP contribution in [0.25, 0.3) is 22.6 Å². The van der Waals surface area contributed by atoms with E-state index in [2.05, 4.69) is 10.3 Å². The van der Waals surface area contributed by atoms with Gasteiger partial charge in [-0.25, -0.2) is 4.98 Å². The second kappa shape index (κ2) is 8.49. The molecular weight excluding hydrogens is 427 g/mol. The summed E-state index contributed by atoms with van der Waals surface area (Å²) >= 11 is 13.4. The van der Waals surface area contributed by atoms with Crippen LogP contribution in [-0.2, 0) is 4.79 Å². The van der Waals surface area contributed by atoms with Gasteiger partial charge in [-0.05, 0) is 67.1 Å². The molecule has 29 heavy (non-hydrogen) atoms. The van der Waals surface area contributed by atoms with Crippen molar-refractivity contribution in [1.29, 1.82) is 0 Å². The van der Waals surface area contributed by atoms with E-state index in [0.717, 1.165) is 21.7 Å². The summed E-state index contributed by atoms with van der Waals surface area (Å²) in [5.41, 5.74) is 3.79. The number of thioether (sulfide) groups is 1. The molecule has 4 aromatic rings. The van der Waals surface area contributed by atoms with E-state index in [-0.39, 0.29) is 5.91 Å². The monoisotopic (exact) mass is 442 g/mol. The van der Waals surface area contributed by atoms with Gasteiger partial charge in [-0.15, -0.1) is 11.8 Å². The Bertz CT molecular complexity index is 1190. The molecule has 1 amide bonds. The first-order chi connectivity index (χ1) is 14.0. The third kappa shape index (κ3) is 4.58. The Labute approximate surface area is 182 Å². The number of nitrogens with zero attached hydrogens (tertiary/aromatic N) is 1. The average Bonchev–Trinajstić information content (AvgIpc) is 3.12. The standard InChI is InChI=1S/C22H16Cl2N2O2S/c1-13-17(22-26-19-11-15(24)7-10-20(19)28-22)3-2-4-18(13)25-21(27)12-29-16-8-5-14(23)6-9-16/h2-11H,12H2,1H3,(H,25,27). The number of rotatable bonds is 5. The Morgan fingerprint density at radius 2 is 1.83 bits per heavy atom. The average molecular weight is 443 g/mol. The van der Waals surface area contributed by atoms with Crippen LogP contribution in [0.5, 0.6) is 0 Å². The fourth-order valence-electron chi connectivity index (χ4n) is 2.88. The highest BCUT2D eigenvalue weighted by Crippen LogP contribution is 2.31. The zero-order valence-corrected chi connectivity index (χ0v) is 17.7. The number of carbonyl (C=O) groups excluding carboxylic acids is 1. The number of anilines is 1. The van der Waals surface area contributed by atoms with Crippen LogP contribution in [0, 0.1) is 6.92 Å². The van der Waals surface area contributed by atoms with Gasteiger partial charge in [-0.1, -0.05) is 29.3 Å². The van der Waals surface area contributed by atoms with E-state index >= 15 is 0 Å². The van der Waals surface area contributed by atoms with Crippen LogP contribution in [0.1, 0.15) is 5.56 Å². The summed E-state index contributed by atoms with van der Waals surface area (Å²) in [5.74, 6) is 0.702. The SMILES string of the molecule is Cc1c(NC(=O)CSc2ccc(Cl)cc2)cccc1-c1nc2cc(Cl)ccc2o1. The zero-order valence-electron chi connectivity index (χ0n) is 15.4. The second-order valence-electron chi connectivity index (χ2n) is 6.40. The Morgan fingerprint density at radius 1 is 1.07 bits per heavy atom. The first-order valence-corrected chi connectivity index (χ1v) is 10.6. The summed E-state index contributed by atoms with van der Waals surface area (Å²) in [5, 5.41) is 4.25. The van der Waals surface area contributed by atoms with Gasteiger partial charge < -0.3 is 9.73 Å². The number of carbonyl (C=O) groups is 1. The molecule has 0 aliphatic carbocycles. The Kier molecular flexibility index (Phi) is 5.81. The Balaban J connectivity index is 1.51. The second-order valence-corrected chi connectivity index (χ2v) is 8.32. The van der Waals surface area contributed by atoms with E-state index in [1.54, 1.807) is 18.2 Å². The lowest BCUT2D eigenvalue weighted by Crippen LogP contribution is -2.15. The van der Waals surface area contributed by atoms with Crippen molar-refractivity contribution in [3.8, 4) is 11.5 Å². The third-order valence-electron chi connectivity index (χ3n) is 4.37. The summed E-state index contributed by atoms with van der Waals surface area (Å²) in [6, 6.07) is 18.4. The van der Waals surface area contributed by atoms with E-state index in [4.69, 9.17) is 27.6 Å². The van der Waals surface area contributed by atoms with Crippen molar-refractivity contribution >= 4 is 57.7 Å². The van der Waals surface area contributed by atoms with Gasteiger partial charge in [0.1, 0.15) is 5.52 Å². The van der Waals surface area contributed by atoms with E-state index in [1.807, 2.05) is 49.4 Å². The lowest BCUT2D eigenvalue weighted by atomic mass is 10.1. The molecule has 1 heterocycles. The van der Waals surface area contributed by atoms with Crippen LogP contribution in [0.3, 0.4) is 0 Å². The van der Waals surface area contributed by atoms with E-state index in [0.29, 0.717) is 32.8 Å². The normalized spacial score (nSPS) is 11.0. The number of benzene rings is 3. The van der Waals surface area contributed by atoms with Gasteiger partial charge in [-0.2, -0.15) is 0 Å². The van der Waals surface area contributed by atoms with Crippen molar-refractivity contribution in [2.24, 2.45) is 0 Å². The highest BCUT2D eigenvalue weighted by atomic mass is 35.5. The zero-order chi connectivity index (χ0) is 20.4. The predicted octanol–water partition coefficient (Wildman–Crippen LogP) is 6.84. The van der Waals surface area contributed by atoms with Crippen molar-refractivity contribution < 1.29 is 9.21 Å². The molecule has 3 aromatic carbocycles. The van der Waals surface area contributed by atoms with Crippen molar-refractivity contribution in [2.75, 3.05) is 11.1 Å². The van der Waals surface area contributed by atoms with Gasteiger partial charge in [0.05, 0.1) is 5.75 Å². The minimum absolute atomic E-state index is 0.0884. The largest absolute Gasteiger partial charge is 0.436 e. The summed E-state index contributed by atoms with van der Waals surface area (Å²) < 4.78 is 5.87. The van der Waals surface area contributed by atoms with Crippen molar-refractivity contribution in [1.82, 2.24) is 4.98 Å². The maximum atomic E-state index is 12.4. The van der Waals surface area contributed by atoms with E-state index in [1.165, 1.54) is 11.8 Å². The van der Waals surface area contributed by atoms with Crippen molar-refractivity contribution in [2.45, 2.75) is 11.8 Å². The molecule has 0 fully saturated rings. The maximum Gasteiger partial charge on any atom is 0.234 e. The van der Waals surface area contributed by atoms with Crippen LogP contribution in [0.4, 0.5) is 5.69 Å². The molecule has 0 bridgehead atoms.